The minimum absolute atomic E-state index is 0.132. The van der Waals surface area contributed by atoms with Crippen molar-refractivity contribution in [1.82, 2.24) is 9.97 Å². The molecular weight excluding hydrogens is 276 g/mol. The lowest BCUT2D eigenvalue weighted by Gasteiger charge is -2.27. The number of allylic oxidation sites excluding steroid dienone is 4. The first kappa shape index (κ1) is 12.8. The SMILES string of the molecule is O=C1c2ncc(-c3ccccc3)nc2C(=O)C2C=CC=CC12. The summed E-state index contributed by atoms with van der Waals surface area (Å²) in [5.41, 5.74) is 1.85. The van der Waals surface area contributed by atoms with Crippen LogP contribution in [0.5, 0.6) is 0 Å². The molecule has 106 valence electrons. The summed E-state index contributed by atoms with van der Waals surface area (Å²) in [6, 6.07) is 9.51. The van der Waals surface area contributed by atoms with Crippen LogP contribution in [0.4, 0.5) is 0 Å². The fraction of sp³-hybridized carbons (Fsp3) is 0.111. The van der Waals surface area contributed by atoms with Crippen LogP contribution in [0.3, 0.4) is 0 Å². The second kappa shape index (κ2) is 4.84. The average molecular weight is 288 g/mol. The Hall–Kier alpha value is -2.88. The maximum atomic E-state index is 12.6. The molecule has 2 aliphatic carbocycles. The van der Waals surface area contributed by atoms with E-state index >= 15 is 0 Å². The van der Waals surface area contributed by atoms with Gasteiger partial charge in [-0.05, 0) is 0 Å². The predicted octanol–water partition coefficient (Wildman–Crippen LogP) is 2.88. The zero-order chi connectivity index (χ0) is 15.1. The van der Waals surface area contributed by atoms with Gasteiger partial charge in [0.15, 0.2) is 11.6 Å². The standard InChI is InChI=1S/C18H12N2O2/c21-17-12-8-4-5-9-13(12)18(22)16-15(17)19-10-14(20-16)11-6-2-1-3-7-11/h1-10,12-13H. The van der Waals surface area contributed by atoms with E-state index in [1.165, 1.54) is 0 Å². The first-order valence-electron chi connectivity index (χ1n) is 7.11. The maximum Gasteiger partial charge on any atom is 0.191 e. The molecule has 0 bridgehead atoms. The van der Waals surface area contributed by atoms with Crippen LogP contribution < -0.4 is 0 Å². The zero-order valence-electron chi connectivity index (χ0n) is 11.6. The lowest BCUT2D eigenvalue weighted by Crippen LogP contribution is -2.36. The molecule has 0 N–H and O–H groups in total. The number of nitrogens with zero attached hydrogens (tertiary/aromatic N) is 2. The highest BCUT2D eigenvalue weighted by atomic mass is 16.1. The summed E-state index contributed by atoms with van der Waals surface area (Å²) in [6.45, 7) is 0. The third-order valence-electron chi connectivity index (χ3n) is 4.05. The molecule has 1 aromatic carbocycles. The van der Waals surface area contributed by atoms with Crippen molar-refractivity contribution in [2.75, 3.05) is 0 Å². The summed E-state index contributed by atoms with van der Waals surface area (Å²) in [5.74, 6) is -1.16. The van der Waals surface area contributed by atoms with E-state index in [-0.39, 0.29) is 23.0 Å². The van der Waals surface area contributed by atoms with E-state index in [2.05, 4.69) is 9.97 Å². The van der Waals surface area contributed by atoms with E-state index in [1.54, 1.807) is 30.5 Å². The van der Waals surface area contributed by atoms with E-state index in [0.29, 0.717) is 5.69 Å². The zero-order valence-corrected chi connectivity index (χ0v) is 11.6. The minimum atomic E-state index is -0.453. The maximum absolute atomic E-state index is 12.6. The number of fused-ring (bicyclic) bond motifs is 2. The molecule has 2 atom stereocenters. The topological polar surface area (TPSA) is 59.9 Å². The highest BCUT2D eigenvalue weighted by molar-refractivity contribution is 6.15. The van der Waals surface area contributed by atoms with Gasteiger partial charge in [-0.1, -0.05) is 54.6 Å². The molecule has 0 spiro atoms. The van der Waals surface area contributed by atoms with Crippen LogP contribution in [-0.2, 0) is 0 Å². The minimum Gasteiger partial charge on any atom is -0.292 e. The quantitative estimate of drug-likeness (QED) is 0.809. The lowest BCUT2D eigenvalue weighted by molar-refractivity contribution is 0.0792. The molecule has 0 aliphatic heterocycles. The van der Waals surface area contributed by atoms with Gasteiger partial charge in [0.05, 0.1) is 23.7 Å². The van der Waals surface area contributed by atoms with Crippen molar-refractivity contribution >= 4 is 11.6 Å². The fourth-order valence-corrected chi connectivity index (χ4v) is 2.91. The first-order chi connectivity index (χ1) is 10.8. The van der Waals surface area contributed by atoms with Gasteiger partial charge in [-0.2, -0.15) is 0 Å². The highest BCUT2D eigenvalue weighted by Gasteiger charge is 2.41. The number of ketones is 2. The molecule has 0 saturated carbocycles. The molecule has 2 aliphatic rings. The van der Waals surface area contributed by atoms with Crippen LogP contribution >= 0.6 is 0 Å². The summed E-state index contributed by atoms with van der Waals surface area (Å²) in [6.07, 6.45) is 8.68. The number of hydrogen-bond donors (Lipinski definition) is 0. The van der Waals surface area contributed by atoms with Crippen LogP contribution in [0, 0.1) is 11.8 Å². The smallest absolute Gasteiger partial charge is 0.191 e. The van der Waals surface area contributed by atoms with Gasteiger partial charge in [0.2, 0.25) is 0 Å². The average Bonchev–Trinajstić information content (AvgIpc) is 2.60. The highest BCUT2D eigenvalue weighted by Crippen LogP contribution is 2.33. The Kier molecular flexibility index (Phi) is 2.82. The summed E-state index contributed by atoms with van der Waals surface area (Å²) in [4.78, 5) is 33.8. The number of rotatable bonds is 1. The number of carbonyl (C=O) groups is 2. The largest absolute Gasteiger partial charge is 0.292 e. The second-order valence-electron chi connectivity index (χ2n) is 5.37. The van der Waals surface area contributed by atoms with Crippen molar-refractivity contribution in [2.45, 2.75) is 0 Å². The van der Waals surface area contributed by atoms with E-state index in [1.807, 2.05) is 30.3 Å². The van der Waals surface area contributed by atoms with Crippen molar-refractivity contribution in [1.29, 1.82) is 0 Å². The summed E-state index contributed by atoms with van der Waals surface area (Å²) in [5, 5.41) is 0. The van der Waals surface area contributed by atoms with Crippen LogP contribution in [0.25, 0.3) is 11.3 Å². The fourth-order valence-electron chi connectivity index (χ4n) is 2.91. The molecule has 0 radical (unpaired) electrons. The molecule has 0 saturated heterocycles. The molecule has 0 amide bonds. The molecule has 0 fully saturated rings. The Balaban J connectivity index is 1.86. The van der Waals surface area contributed by atoms with Crippen molar-refractivity contribution in [3.8, 4) is 11.3 Å². The Morgan fingerprint density at radius 3 is 2.14 bits per heavy atom. The van der Waals surface area contributed by atoms with E-state index in [4.69, 9.17) is 0 Å². The molecular formula is C18H12N2O2. The second-order valence-corrected chi connectivity index (χ2v) is 5.37. The van der Waals surface area contributed by atoms with Crippen molar-refractivity contribution < 1.29 is 9.59 Å². The summed E-state index contributed by atoms with van der Waals surface area (Å²) >= 11 is 0. The van der Waals surface area contributed by atoms with Gasteiger partial charge < -0.3 is 0 Å². The Morgan fingerprint density at radius 2 is 1.45 bits per heavy atom. The number of hydrogen-bond acceptors (Lipinski definition) is 4. The third-order valence-corrected chi connectivity index (χ3v) is 4.05. The summed E-state index contributed by atoms with van der Waals surface area (Å²) < 4.78 is 0. The number of Topliss-reactive ketones (excluding diaryl/α,β-unsaturated/α-hetero) is 2. The van der Waals surface area contributed by atoms with Gasteiger partial charge in [-0.25, -0.2) is 9.97 Å². The van der Waals surface area contributed by atoms with Gasteiger partial charge in [0, 0.05) is 5.56 Å². The molecule has 4 heteroatoms. The normalized spacial score (nSPS) is 22.4. The van der Waals surface area contributed by atoms with Crippen LogP contribution in [0.1, 0.15) is 21.0 Å². The Bertz CT molecular complexity index is 837. The molecule has 1 aromatic heterocycles. The van der Waals surface area contributed by atoms with E-state index in [9.17, 15) is 9.59 Å². The number of benzene rings is 1. The molecule has 1 heterocycles. The summed E-state index contributed by atoms with van der Waals surface area (Å²) in [7, 11) is 0. The van der Waals surface area contributed by atoms with Gasteiger partial charge in [0.25, 0.3) is 0 Å². The van der Waals surface area contributed by atoms with Crippen molar-refractivity contribution in [3.63, 3.8) is 0 Å². The van der Waals surface area contributed by atoms with E-state index < -0.39 is 11.8 Å². The van der Waals surface area contributed by atoms with Gasteiger partial charge in [-0.15, -0.1) is 0 Å². The monoisotopic (exact) mass is 288 g/mol. The lowest BCUT2D eigenvalue weighted by atomic mass is 9.75. The van der Waals surface area contributed by atoms with Crippen molar-refractivity contribution in [3.05, 3.63) is 72.2 Å². The first-order valence-corrected chi connectivity index (χ1v) is 7.11. The van der Waals surface area contributed by atoms with E-state index in [0.717, 1.165) is 5.56 Å². The molecule has 4 nitrogen and oxygen atoms in total. The van der Waals surface area contributed by atoms with Crippen LogP contribution in [0.2, 0.25) is 0 Å². The van der Waals surface area contributed by atoms with Crippen LogP contribution in [-0.4, -0.2) is 21.5 Å². The number of aromatic nitrogens is 2. The van der Waals surface area contributed by atoms with Crippen molar-refractivity contribution in [2.24, 2.45) is 11.8 Å². The van der Waals surface area contributed by atoms with Gasteiger partial charge >= 0.3 is 0 Å². The Labute approximate surface area is 127 Å². The van der Waals surface area contributed by atoms with Crippen LogP contribution in [0.15, 0.2) is 60.8 Å². The molecule has 2 unspecified atom stereocenters. The molecule has 4 rings (SSSR count). The molecule has 2 aromatic rings. The van der Waals surface area contributed by atoms with Gasteiger partial charge in [0.1, 0.15) is 11.4 Å². The van der Waals surface area contributed by atoms with Gasteiger partial charge in [-0.3, -0.25) is 9.59 Å². The predicted molar refractivity (Wildman–Crippen MR) is 81.4 cm³/mol. The number of carbonyl (C=O) groups excluding carboxylic acids is 2. The third kappa shape index (κ3) is 1.84. The molecule has 22 heavy (non-hydrogen) atoms. The Morgan fingerprint density at radius 1 is 0.818 bits per heavy atom.